The van der Waals surface area contributed by atoms with Gasteiger partial charge in [0.25, 0.3) is 0 Å². The van der Waals surface area contributed by atoms with Gasteiger partial charge in [0.1, 0.15) is 0 Å². The highest BCUT2D eigenvalue weighted by atomic mass is 16.1. The minimum absolute atomic E-state index is 0.787. The van der Waals surface area contributed by atoms with E-state index in [1.165, 1.54) is 0 Å². The van der Waals surface area contributed by atoms with Gasteiger partial charge in [0, 0.05) is 21.8 Å². The molecule has 0 saturated heterocycles. The normalized spacial score (nSPS) is 13.9. The zero-order valence-corrected chi connectivity index (χ0v) is 7.50. The van der Waals surface area contributed by atoms with E-state index in [0.29, 0.717) is 0 Å². The Labute approximate surface area is 76.3 Å². The molecule has 0 fully saturated rings. The molecule has 66 valence electrons. The van der Waals surface area contributed by atoms with Gasteiger partial charge in [-0.15, -0.1) is 0 Å². The van der Waals surface area contributed by atoms with Crippen molar-refractivity contribution >= 4 is 18.4 Å². The van der Waals surface area contributed by atoms with Crippen LogP contribution in [0.1, 0.15) is 22.5 Å². The largest absolute Gasteiger partial charge is 0.358 e. The zero-order valence-electron chi connectivity index (χ0n) is 7.50. The minimum atomic E-state index is 0.787. The highest BCUT2D eigenvalue weighted by molar-refractivity contribution is 5.78. The van der Waals surface area contributed by atoms with Gasteiger partial charge in [-0.3, -0.25) is 4.79 Å². The first-order valence-electron chi connectivity index (χ1n) is 4.33. The Morgan fingerprint density at radius 2 is 2.38 bits per heavy atom. The van der Waals surface area contributed by atoms with Crippen LogP contribution in [0.5, 0.6) is 0 Å². The number of nitrogens with one attached hydrogen (secondary N) is 1. The third-order valence-electron chi connectivity index (χ3n) is 2.28. The van der Waals surface area contributed by atoms with Crippen molar-refractivity contribution in [3.05, 3.63) is 34.0 Å². The lowest BCUT2D eigenvalue weighted by Gasteiger charge is -1.84. The van der Waals surface area contributed by atoms with Crippen LogP contribution in [0.2, 0.25) is 0 Å². The van der Waals surface area contributed by atoms with Gasteiger partial charge in [-0.05, 0) is 19.4 Å². The molecule has 0 unspecified atom stereocenters. The second-order valence-electron chi connectivity index (χ2n) is 3.14. The fraction of sp³-hybridized carbons (Fsp3) is 0.182. The van der Waals surface area contributed by atoms with Crippen molar-refractivity contribution in [2.24, 2.45) is 0 Å². The third-order valence-corrected chi connectivity index (χ3v) is 2.28. The van der Waals surface area contributed by atoms with Crippen LogP contribution >= 0.6 is 0 Å². The molecule has 0 radical (unpaired) electrons. The number of fused-ring (bicyclic) bond motifs is 1. The Balaban J connectivity index is 2.86. The van der Waals surface area contributed by atoms with Gasteiger partial charge >= 0.3 is 0 Å². The first kappa shape index (κ1) is 8.05. The van der Waals surface area contributed by atoms with Crippen LogP contribution < -0.4 is 10.6 Å². The fourth-order valence-electron chi connectivity index (χ4n) is 1.62. The summed E-state index contributed by atoms with van der Waals surface area (Å²) in [7, 11) is 0. The Bertz CT molecular complexity index is 477. The zero-order chi connectivity index (χ0) is 9.26. The first-order valence-corrected chi connectivity index (χ1v) is 4.33. The van der Waals surface area contributed by atoms with E-state index in [1.54, 1.807) is 0 Å². The molecule has 0 aromatic carbocycles. The van der Waals surface area contributed by atoms with E-state index in [-0.39, 0.29) is 0 Å². The molecule has 0 aliphatic heterocycles. The summed E-state index contributed by atoms with van der Waals surface area (Å²) in [6.45, 7) is 1.92. The lowest BCUT2D eigenvalue weighted by Crippen LogP contribution is -2.23. The van der Waals surface area contributed by atoms with Crippen molar-refractivity contribution < 1.29 is 4.79 Å². The second kappa shape index (κ2) is 3.05. The number of hydrogen-bond donors (Lipinski definition) is 1. The summed E-state index contributed by atoms with van der Waals surface area (Å²) < 4.78 is 0. The molecule has 1 N–H and O–H groups in total. The highest BCUT2D eigenvalue weighted by Crippen LogP contribution is 1.95. The third kappa shape index (κ3) is 1.24. The summed E-state index contributed by atoms with van der Waals surface area (Å²) in [5.74, 6) is 0. The number of hydrogen-bond acceptors (Lipinski definition) is 1. The van der Waals surface area contributed by atoms with Crippen molar-refractivity contribution in [2.45, 2.75) is 13.3 Å². The van der Waals surface area contributed by atoms with Gasteiger partial charge in [-0.1, -0.05) is 18.2 Å². The minimum Gasteiger partial charge on any atom is -0.358 e. The molecule has 1 heterocycles. The second-order valence-corrected chi connectivity index (χ2v) is 3.14. The van der Waals surface area contributed by atoms with E-state index < -0.39 is 0 Å². The molecule has 0 spiro atoms. The molecule has 13 heavy (non-hydrogen) atoms. The van der Waals surface area contributed by atoms with Gasteiger partial charge in [-0.2, -0.15) is 0 Å². The number of H-pyrrole nitrogens is 1. The average molecular weight is 173 g/mol. The predicted molar refractivity (Wildman–Crippen MR) is 52.9 cm³/mol. The summed E-state index contributed by atoms with van der Waals surface area (Å²) in [4.78, 5) is 14.0. The molecule has 1 aliphatic rings. The van der Waals surface area contributed by atoms with Crippen LogP contribution in [0.3, 0.4) is 0 Å². The van der Waals surface area contributed by atoms with Gasteiger partial charge in [0.2, 0.25) is 0 Å². The molecule has 0 saturated carbocycles. The number of aryl methyl sites for hydroxylation is 1. The monoisotopic (exact) mass is 173 g/mol. The Morgan fingerprint density at radius 1 is 1.54 bits per heavy atom. The van der Waals surface area contributed by atoms with E-state index >= 15 is 0 Å². The Kier molecular flexibility index (Phi) is 1.89. The molecular formula is C11H11NO. The molecule has 2 heteroatoms. The van der Waals surface area contributed by atoms with Crippen molar-refractivity contribution in [1.29, 1.82) is 0 Å². The molecule has 1 aromatic heterocycles. The number of rotatable bonds is 1. The van der Waals surface area contributed by atoms with Gasteiger partial charge in [-0.25, -0.2) is 0 Å². The van der Waals surface area contributed by atoms with E-state index in [9.17, 15) is 4.79 Å². The summed E-state index contributed by atoms with van der Waals surface area (Å²) in [6.07, 6.45) is 9.95. The summed E-state index contributed by atoms with van der Waals surface area (Å²) >= 11 is 0. The molecule has 0 atom stereocenters. The van der Waals surface area contributed by atoms with Crippen molar-refractivity contribution in [2.75, 3.05) is 0 Å². The van der Waals surface area contributed by atoms with Gasteiger partial charge in [0.15, 0.2) is 6.29 Å². The van der Waals surface area contributed by atoms with Crippen LogP contribution in [0, 0.1) is 6.92 Å². The molecule has 1 aliphatic carbocycles. The average Bonchev–Trinajstić information content (AvgIpc) is 2.32. The smallest absolute Gasteiger partial charge is 0.152 e. The van der Waals surface area contributed by atoms with Crippen molar-refractivity contribution in [1.82, 2.24) is 4.98 Å². The molecule has 1 aromatic rings. The summed E-state index contributed by atoms with van der Waals surface area (Å²) in [6, 6.07) is 0. The van der Waals surface area contributed by atoms with Crippen LogP contribution in [0.25, 0.3) is 12.2 Å². The lowest BCUT2D eigenvalue weighted by molar-refractivity contribution is 0.112. The molecular weight excluding hydrogens is 162 g/mol. The van der Waals surface area contributed by atoms with Gasteiger partial charge < -0.3 is 4.98 Å². The first-order chi connectivity index (χ1) is 6.33. The van der Waals surface area contributed by atoms with E-state index in [0.717, 1.165) is 34.5 Å². The highest BCUT2D eigenvalue weighted by Gasteiger charge is 2.03. The van der Waals surface area contributed by atoms with E-state index in [2.05, 4.69) is 17.1 Å². The molecule has 0 bridgehead atoms. The van der Waals surface area contributed by atoms with E-state index in [4.69, 9.17) is 0 Å². The predicted octanol–water partition coefficient (Wildman–Crippen LogP) is 0.657. The van der Waals surface area contributed by atoms with Crippen LogP contribution in [0.4, 0.5) is 0 Å². The number of aromatic amines is 1. The molecule has 0 amide bonds. The fourth-order valence-corrected chi connectivity index (χ4v) is 1.62. The summed E-state index contributed by atoms with van der Waals surface area (Å²) in [5.41, 5.74) is 1.73. The van der Waals surface area contributed by atoms with Crippen LogP contribution in [0.15, 0.2) is 12.2 Å². The summed E-state index contributed by atoms with van der Waals surface area (Å²) in [5, 5.41) is 2.07. The van der Waals surface area contributed by atoms with Crippen molar-refractivity contribution in [3.8, 4) is 0 Å². The Hall–Kier alpha value is -1.57. The number of aldehydes is 1. The molecule has 2 rings (SSSR count). The van der Waals surface area contributed by atoms with Gasteiger partial charge in [0.05, 0.1) is 0 Å². The maximum absolute atomic E-state index is 10.8. The topological polar surface area (TPSA) is 32.9 Å². The maximum Gasteiger partial charge on any atom is 0.152 e. The van der Waals surface area contributed by atoms with Crippen molar-refractivity contribution in [3.63, 3.8) is 0 Å². The lowest BCUT2D eigenvalue weighted by atomic mass is 10.2. The quantitative estimate of drug-likeness (QED) is 0.622. The standard InChI is InChI=1S/C11H11NO/c1-8-10(7-13)9-5-3-2-4-6-11(9)12-8/h2,4-7,12H,3H2,1H3. The van der Waals surface area contributed by atoms with E-state index in [1.807, 2.05) is 19.1 Å². The number of carbonyl (C=O) groups excluding carboxylic acids is 1. The SMILES string of the molecule is Cc1[nH]c2c(c1C=O)=CCC=CC=2. The number of allylic oxidation sites excluding steroid dienone is 2. The Morgan fingerprint density at radius 3 is 3.15 bits per heavy atom. The van der Waals surface area contributed by atoms with Crippen LogP contribution in [-0.4, -0.2) is 11.3 Å². The number of aromatic nitrogens is 1. The molecule has 2 nitrogen and oxygen atoms in total. The van der Waals surface area contributed by atoms with Crippen LogP contribution in [-0.2, 0) is 0 Å². The maximum atomic E-state index is 10.8. The number of carbonyl (C=O) groups is 1.